The molecule has 17 heavy (non-hydrogen) atoms. The van der Waals surface area contributed by atoms with Crippen LogP contribution in [0.25, 0.3) is 0 Å². The molecule has 0 bridgehead atoms. The minimum atomic E-state index is -0.608. The molecule has 1 aromatic rings. The first-order chi connectivity index (χ1) is 8.04. The number of halogens is 2. The lowest BCUT2D eigenvalue weighted by atomic mass is 10.2. The lowest BCUT2D eigenvalue weighted by molar-refractivity contribution is -0.122. The largest absolute Gasteiger partial charge is 0.351 e. The Morgan fingerprint density at radius 2 is 2.35 bits per heavy atom. The Balaban J connectivity index is 2.52. The van der Waals surface area contributed by atoms with Gasteiger partial charge < -0.3 is 11.1 Å². The van der Waals surface area contributed by atoms with Gasteiger partial charge in [-0.25, -0.2) is 4.39 Å². The average Bonchev–Trinajstić information content (AvgIpc) is 2.30. The van der Waals surface area contributed by atoms with Crippen molar-refractivity contribution in [2.75, 3.05) is 0 Å². The third-order valence-electron chi connectivity index (χ3n) is 2.21. The van der Waals surface area contributed by atoms with Crippen LogP contribution in [0.5, 0.6) is 0 Å². The normalized spacial score (nSPS) is 11.9. The minimum Gasteiger partial charge on any atom is -0.351 e. The van der Waals surface area contributed by atoms with Crippen LogP contribution < -0.4 is 11.1 Å². The Hall–Kier alpha value is -1.39. The molecule has 3 N–H and O–H groups in total. The molecule has 3 nitrogen and oxygen atoms in total. The number of rotatable bonds is 5. The van der Waals surface area contributed by atoms with Crippen molar-refractivity contribution in [1.29, 1.82) is 0 Å². The van der Waals surface area contributed by atoms with E-state index in [2.05, 4.69) is 11.9 Å². The molecular formula is C12H14ClFN2O. The van der Waals surface area contributed by atoms with Crippen molar-refractivity contribution in [3.8, 4) is 0 Å². The fourth-order valence-electron chi connectivity index (χ4n) is 1.26. The molecule has 1 rings (SSSR count). The summed E-state index contributed by atoms with van der Waals surface area (Å²) in [5.41, 5.74) is 6.29. The number of amides is 1. The van der Waals surface area contributed by atoms with E-state index >= 15 is 0 Å². The second-order valence-corrected chi connectivity index (χ2v) is 4.00. The van der Waals surface area contributed by atoms with E-state index in [1.54, 1.807) is 12.1 Å². The zero-order chi connectivity index (χ0) is 12.8. The molecule has 0 spiro atoms. The molecule has 0 saturated carbocycles. The second kappa shape index (κ2) is 6.37. The van der Waals surface area contributed by atoms with Gasteiger partial charge in [0.2, 0.25) is 5.91 Å². The minimum absolute atomic E-state index is 0.0344. The summed E-state index contributed by atoms with van der Waals surface area (Å²) in [7, 11) is 0. The highest BCUT2D eigenvalue weighted by atomic mass is 35.5. The van der Waals surface area contributed by atoms with Crippen LogP contribution >= 0.6 is 11.6 Å². The standard InChI is InChI=1S/C12H14ClFN2O/c1-2-3-11(15)12(17)16-7-8-4-5-10(14)9(13)6-8/h2,4-6,11H,1,3,7,15H2,(H,16,17). The van der Waals surface area contributed by atoms with Crippen molar-refractivity contribution in [1.82, 2.24) is 5.32 Å². The van der Waals surface area contributed by atoms with E-state index < -0.39 is 11.9 Å². The van der Waals surface area contributed by atoms with Crippen LogP contribution in [0.4, 0.5) is 4.39 Å². The smallest absolute Gasteiger partial charge is 0.237 e. The molecule has 0 aliphatic rings. The number of nitrogens with one attached hydrogen (secondary N) is 1. The van der Waals surface area contributed by atoms with Gasteiger partial charge in [0.25, 0.3) is 0 Å². The highest BCUT2D eigenvalue weighted by molar-refractivity contribution is 6.30. The maximum Gasteiger partial charge on any atom is 0.237 e. The molecule has 92 valence electrons. The van der Waals surface area contributed by atoms with Crippen LogP contribution in [-0.2, 0) is 11.3 Å². The molecule has 1 aromatic carbocycles. The number of carbonyl (C=O) groups is 1. The van der Waals surface area contributed by atoms with Gasteiger partial charge in [0.05, 0.1) is 11.1 Å². The van der Waals surface area contributed by atoms with Crippen molar-refractivity contribution in [3.63, 3.8) is 0 Å². The number of carbonyl (C=O) groups excluding carboxylic acids is 1. The quantitative estimate of drug-likeness (QED) is 0.792. The van der Waals surface area contributed by atoms with Gasteiger partial charge >= 0.3 is 0 Å². The molecule has 0 radical (unpaired) electrons. The lowest BCUT2D eigenvalue weighted by Crippen LogP contribution is -2.39. The molecule has 0 saturated heterocycles. The first-order valence-corrected chi connectivity index (χ1v) is 5.50. The van der Waals surface area contributed by atoms with E-state index in [0.29, 0.717) is 6.42 Å². The summed E-state index contributed by atoms with van der Waals surface area (Å²) in [4.78, 5) is 11.5. The molecule has 0 heterocycles. The van der Waals surface area contributed by atoms with E-state index in [0.717, 1.165) is 5.56 Å². The van der Waals surface area contributed by atoms with E-state index in [-0.39, 0.29) is 17.5 Å². The Kier molecular flexibility index (Phi) is 5.12. The van der Waals surface area contributed by atoms with E-state index in [1.165, 1.54) is 12.1 Å². The van der Waals surface area contributed by atoms with Crippen LogP contribution in [0, 0.1) is 5.82 Å². The van der Waals surface area contributed by atoms with Gasteiger partial charge in [-0.15, -0.1) is 6.58 Å². The molecule has 0 aliphatic heterocycles. The Bertz CT molecular complexity index is 423. The van der Waals surface area contributed by atoms with Crippen LogP contribution in [0.2, 0.25) is 5.02 Å². The van der Waals surface area contributed by atoms with Gasteiger partial charge in [-0.3, -0.25) is 4.79 Å². The van der Waals surface area contributed by atoms with Crippen LogP contribution in [-0.4, -0.2) is 11.9 Å². The van der Waals surface area contributed by atoms with Crippen LogP contribution in [0.15, 0.2) is 30.9 Å². The molecule has 0 aromatic heterocycles. The first kappa shape index (κ1) is 13.7. The van der Waals surface area contributed by atoms with Crippen molar-refractivity contribution in [2.24, 2.45) is 5.73 Å². The first-order valence-electron chi connectivity index (χ1n) is 5.12. The van der Waals surface area contributed by atoms with Gasteiger partial charge in [-0.05, 0) is 24.1 Å². The molecule has 1 unspecified atom stereocenters. The summed E-state index contributed by atoms with van der Waals surface area (Å²) in [6.45, 7) is 3.77. The molecule has 0 aliphatic carbocycles. The van der Waals surface area contributed by atoms with Gasteiger partial charge in [-0.1, -0.05) is 23.7 Å². The summed E-state index contributed by atoms with van der Waals surface area (Å²) in [6, 6.07) is 3.67. The number of hydrogen-bond acceptors (Lipinski definition) is 2. The fourth-order valence-corrected chi connectivity index (χ4v) is 1.46. The van der Waals surface area contributed by atoms with Crippen molar-refractivity contribution < 1.29 is 9.18 Å². The van der Waals surface area contributed by atoms with Crippen molar-refractivity contribution in [2.45, 2.75) is 19.0 Å². The maximum atomic E-state index is 12.9. The van der Waals surface area contributed by atoms with Gasteiger partial charge in [0, 0.05) is 6.54 Å². The fraction of sp³-hybridized carbons (Fsp3) is 0.250. The average molecular weight is 257 g/mol. The zero-order valence-electron chi connectivity index (χ0n) is 9.25. The van der Waals surface area contributed by atoms with Crippen LogP contribution in [0.1, 0.15) is 12.0 Å². The van der Waals surface area contributed by atoms with Gasteiger partial charge in [-0.2, -0.15) is 0 Å². The van der Waals surface area contributed by atoms with E-state index in [9.17, 15) is 9.18 Å². The topological polar surface area (TPSA) is 55.1 Å². The van der Waals surface area contributed by atoms with Crippen molar-refractivity contribution >= 4 is 17.5 Å². The Morgan fingerprint density at radius 1 is 1.65 bits per heavy atom. The lowest BCUT2D eigenvalue weighted by Gasteiger charge is -2.10. The summed E-state index contributed by atoms with van der Waals surface area (Å²) in [5, 5.41) is 2.67. The molecule has 5 heteroatoms. The summed E-state index contributed by atoms with van der Waals surface area (Å²) in [5.74, 6) is -0.754. The Morgan fingerprint density at radius 3 is 2.94 bits per heavy atom. The number of benzene rings is 1. The number of hydrogen-bond donors (Lipinski definition) is 2. The zero-order valence-corrected chi connectivity index (χ0v) is 10.0. The van der Waals surface area contributed by atoms with Crippen LogP contribution in [0.3, 0.4) is 0 Å². The maximum absolute atomic E-state index is 12.9. The van der Waals surface area contributed by atoms with Crippen molar-refractivity contribution in [3.05, 3.63) is 47.3 Å². The van der Waals surface area contributed by atoms with Gasteiger partial charge in [0.15, 0.2) is 0 Å². The molecular weight excluding hydrogens is 243 g/mol. The molecule has 1 amide bonds. The SMILES string of the molecule is C=CCC(N)C(=O)NCc1ccc(F)c(Cl)c1. The monoisotopic (exact) mass is 256 g/mol. The highest BCUT2D eigenvalue weighted by Crippen LogP contribution is 2.15. The highest BCUT2D eigenvalue weighted by Gasteiger charge is 2.11. The van der Waals surface area contributed by atoms with E-state index in [1.807, 2.05) is 0 Å². The van der Waals surface area contributed by atoms with Gasteiger partial charge in [0.1, 0.15) is 5.82 Å². The third kappa shape index (κ3) is 4.17. The Labute approximate surface area is 104 Å². The molecule has 1 atom stereocenters. The predicted molar refractivity (Wildman–Crippen MR) is 66.0 cm³/mol. The summed E-state index contributed by atoms with van der Waals surface area (Å²) >= 11 is 5.62. The summed E-state index contributed by atoms with van der Waals surface area (Å²) < 4.78 is 12.9. The number of nitrogens with two attached hydrogens (primary N) is 1. The predicted octanol–water partition coefficient (Wildman–Crippen LogP) is 2.00. The molecule has 0 fully saturated rings. The third-order valence-corrected chi connectivity index (χ3v) is 2.50. The summed E-state index contributed by atoms with van der Waals surface area (Å²) in [6.07, 6.45) is 2.00. The second-order valence-electron chi connectivity index (χ2n) is 3.60. The van der Waals surface area contributed by atoms with E-state index in [4.69, 9.17) is 17.3 Å².